The summed E-state index contributed by atoms with van der Waals surface area (Å²) in [5, 5.41) is 0. The fourth-order valence-corrected chi connectivity index (χ4v) is 5.82. The summed E-state index contributed by atoms with van der Waals surface area (Å²) in [5.74, 6) is 1.46. The van der Waals surface area contributed by atoms with Crippen molar-refractivity contribution in [1.29, 1.82) is 0 Å². The van der Waals surface area contributed by atoms with Gasteiger partial charge in [0.2, 0.25) is 10.0 Å². The molecule has 0 bridgehead atoms. The van der Waals surface area contributed by atoms with E-state index in [1.165, 1.54) is 7.11 Å². The Morgan fingerprint density at radius 1 is 1.34 bits per heavy atom. The maximum atomic E-state index is 12.1. The largest absolute Gasteiger partial charge is 0.453 e. The van der Waals surface area contributed by atoms with Gasteiger partial charge in [0.1, 0.15) is 5.82 Å². The topological polar surface area (TPSA) is 111 Å². The monoisotopic (exact) mass is 424 g/mol. The first-order chi connectivity index (χ1) is 13.8. The van der Waals surface area contributed by atoms with Crippen molar-refractivity contribution in [2.45, 2.75) is 55.7 Å². The molecule has 2 heterocycles. The molecule has 1 saturated heterocycles. The molecule has 4 rings (SSSR count). The number of sulfonamides is 1. The number of rotatable bonds is 6. The van der Waals surface area contributed by atoms with Crippen LogP contribution in [0.3, 0.4) is 0 Å². The highest BCUT2D eigenvalue weighted by molar-refractivity contribution is 7.88. The van der Waals surface area contributed by atoms with Gasteiger partial charge < -0.3 is 14.4 Å². The third-order valence-electron chi connectivity index (χ3n) is 6.53. The van der Waals surface area contributed by atoms with Gasteiger partial charge in [-0.2, -0.15) is 0 Å². The predicted molar refractivity (Wildman–Crippen MR) is 105 cm³/mol. The Kier molecular flexibility index (Phi) is 5.52. The maximum Gasteiger partial charge on any atom is 0.409 e. The smallest absolute Gasteiger partial charge is 0.409 e. The van der Waals surface area contributed by atoms with Crippen LogP contribution in [0.4, 0.5) is 4.79 Å². The molecule has 0 aromatic carbocycles. The van der Waals surface area contributed by atoms with Crippen LogP contribution in [0.1, 0.15) is 37.9 Å². The summed E-state index contributed by atoms with van der Waals surface area (Å²) in [6, 6.07) is 1.09. The highest BCUT2D eigenvalue weighted by atomic mass is 32.2. The van der Waals surface area contributed by atoms with Crippen LogP contribution in [-0.2, 0) is 24.9 Å². The van der Waals surface area contributed by atoms with E-state index in [2.05, 4.69) is 14.7 Å². The summed E-state index contributed by atoms with van der Waals surface area (Å²) in [4.78, 5) is 22.6. The van der Waals surface area contributed by atoms with Crippen LogP contribution < -0.4 is 4.72 Å². The molecule has 9 nitrogen and oxygen atoms in total. The summed E-state index contributed by atoms with van der Waals surface area (Å²) in [6.07, 6.45) is 8.83. The van der Waals surface area contributed by atoms with E-state index in [0.29, 0.717) is 18.9 Å². The Hall–Kier alpha value is -1.78. The normalized spacial score (nSPS) is 33.9. The lowest BCUT2D eigenvalue weighted by atomic mass is 9.86. The third-order valence-corrected chi connectivity index (χ3v) is 7.26. The Morgan fingerprint density at radius 2 is 2.10 bits per heavy atom. The van der Waals surface area contributed by atoms with E-state index in [-0.39, 0.29) is 30.2 Å². The van der Waals surface area contributed by atoms with E-state index in [4.69, 9.17) is 9.47 Å². The standard InChI is InChI=1S/C19H28N4O5S/c1-27-18(24)23-9-5-15(22-29(2,25)26)16(23)12-28-14-4-6-19(11-13(19)10-14)17-20-7-3-8-21-17/h3,7-8,13-16,22H,4-6,9-12H2,1-2H3/t13-,14+,15+,16+,19-/m1/s1. The Labute approximate surface area is 171 Å². The third kappa shape index (κ3) is 4.24. The van der Waals surface area contributed by atoms with E-state index >= 15 is 0 Å². The number of ether oxygens (including phenoxy) is 2. The van der Waals surface area contributed by atoms with Gasteiger partial charge in [0.15, 0.2) is 0 Å². The van der Waals surface area contributed by atoms with Gasteiger partial charge in [-0.15, -0.1) is 0 Å². The van der Waals surface area contributed by atoms with Crippen molar-refractivity contribution in [2.75, 3.05) is 26.5 Å². The molecule has 1 N–H and O–H groups in total. The summed E-state index contributed by atoms with van der Waals surface area (Å²) in [6.45, 7) is 0.726. The number of fused-ring (bicyclic) bond motifs is 1. The number of amides is 1. The first kappa shape index (κ1) is 20.5. The number of hydrogen-bond acceptors (Lipinski definition) is 7. The Balaban J connectivity index is 1.36. The highest BCUT2D eigenvalue weighted by Crippen LogP contribution is 2.61. The maximum absolute atomic E-state index is 12.1. The molecule has 2 saturated carbocycles. The first-order valence-corrected chi connectivity index (χ1v) is 11.9. The number of nitrogens with one attached hydrogen (secondary N) is 1. The summed E-state index contributed by atoms with van der Waals surface area (Å²) < 4.78 is 37.1. The van der Waals surface area contributed by atoms with Crippen LogP contribution in [0.5, 0.6) is 0 Å². The lowest BCUT2D eigenvalue weighted by Gasteiger charge is -2.31. The second kappa shape index (κ2) is 7.81. The van der Waals surface area contributed by atoms with Crippen LogP contribution in [-0.4, -0.2) is 74.1 Å². The van der Waals surface area contributed by atoms with Crippen LogP contribution in [0.15, 0.2) is 18.5 Å². The number of carbonyl (C=O) groups is 1. The van der Waals surface area contributed by atoms with Crippen molar-refractivity contribution in [3.63, 3.8) is 0 Å². The molecule has 1 amide bonds. The molecule has 5 atom stereocenters. The van der Waals surface area contributed by atoms with Crippen molar-refractivity contribution >= 4 is 16.1 Å². The number of hydrogen-bond donors (Lipinski definition) is 1. The lowest BCUT2D eigenvalue weighted by Crippen LogP contribution is -2.49. The van der Waals surface area contributed by atoms with Crippen LogP contribution in [0.2, 0.25) is 0 Å². The van der Waals surface area contributed by atoms with Crippen molar-refractivity contribution in [3.8, 4) is 0 Å². The van der Waals surface area contributed by atoms with Crippen molar-refractivity contribution in [2.24, 2.45) is 5.92 Å². The average molecular weight is 425 g/mol. The second-order valence-electron chi connectivity index (χ2n) is 8.38. The van der Waals surface area contributed by atoms with Gasteiger partial charge in [-0.25, -0.2) is 27.9 Å². The van der Waals surface area contributed by atoms with E-state index < -0.39 is 16.1 Å². The summed E-state index contributed by atoms with van der Waals surface area (Å²) >= 11 is 0. The quantitative estimate of drug-likeness (QED) is 0.727. The Bertz CT molecular complexity index is 851. The fourth-order valence-electron chi connectivity index (χ4n) is 4.99. The molecule has 1 aromatic heterocycles. The fraction of sp³-hybridized carbons (Fsp3) is 0.737. The van der Waals surface area contributed by atoms with E-state index in [9.17, 15) is 13.2 Å². The highest BCUT2D eigenvalue weighted by Gasteiger charge is 2.59. The molecular formula is C19H28N4O5S. The van der Waals surface area contributed by atoms with Crippen LogP contribution in [0.25, 0.3) is 0 Å². The predicted octanol–water partition coefficient (Wildman–Crippen LogP) is 1.06. The number of nitrogens with zero attached hydrogens (tertiary/aromatic N) is 3. The number of likely N-dealkylation sites (tertiary alicyclic amines) is 1. The van der Waals surface area contributed by atoms with Crippen molar-refractivity contribution in [3.05, 3.63) is 24.3 Å². The van der Waals surface area contributed by atoms with Gasteiger partial charge in [0.05, 0.1) is 32.1 Å². The zero-order valence-corrected chi connectivity index (χ0v) is 17.6. The van der Waals surface area contributed by atoms with Crippen molar-refractivity contribution in [1.82, 2.24) is 19.6 Å². The molecule has 1 aliphatic heterocycles. The van der Waals surface area contributed by atoms with E-state index in [0.717, 1.165) is 37.8 Å². The molecule has 2 aliphatic carbocycles. The van der Waals surface area contributed by atoms with Gasteiger partial charge >= 0.3 is 6.09 Å². The second-order valence-corrected chi connectivity index (χ2v) is 10.2. The minimum Gasteiger partial charge on any atom is -0.453 e. The SMILES string of the molecule is COC(=O)N1CC[C@H](NS(C)(=O)=O)[C@@H]1CO[C@H]1CC[C@@]2(c3ncccn3)C[C@H]2C1. The van der Waals surface area contributed by atoms with Crippen LogP contribution in [0, 0.1) is 5.92 Å². The number of carbonyl (C=O) groups excluding carboxylic acids is 1. The molecule has 29 heavy (non-hydrogen) atoms. The lowest BCUT2D eigenvalue weighted by molar-refractivity contribution is -0.00710. The van der Waals surface area contributed by atoms with Crippen molar-refractivity contribution < 1.29 is 22.7 Å². The molecule has 0 unspecified atom stereocenters. The zero-order chi connectivity index (χ0) is 20.6. The van der Waals surface area contributed by atoms with Gasteiger partial charge in [-0.05, 0) is 44.1 Å². The zero-order valence-electron chi connectivity index (χ0n) is 16.8. The van der Waals surface area contributed by atoms with Crippen LogP contribution >= 0.6 is 0 Å². The van der Waals surface area contributed by atoms with E-state index in [1.807, 2.05) is 6.07 Å². The minimum atomic E-state index is -3.38. The van der Waals surface area contributed by atoms with E-state index in [1.54, 1.807) is 17.3 Å². The molecule has 1 aromatic rings. The number of aromatic nitrogens is 2. The summed E-state index contributed by atoms with van der Waals surface area (Å²) in [7, 11) is -2.05. The molecular weight excluding hydrogens is 396 g/mol. The molecule has 0 spiro atoms. The summed E-state index contributed by atoms with van der Waals surface area (Å²) in [5.41, 5.74) is 0.104. The molecule has 0 radical (unpaired) electrons. The van der Waals surface area contributed by atoms with Gasteiger partial charge in [0.25, 0.3) is 0 Å². The van der Waals surface area contributed by atoms with Gasteiger partial charge in [-0.3, -0.25) is 0 Å². The minimum absolute atomic E-state index is 0.0957. The molecule has 160 valence electrons. The van der Waals surface area contributed by atoms with Gasteiger partial charge in [0, 0.05) is 30.4 Å². The molecule has 3 aliphatic rings. The average Bonchev–Trinajstić information content (AvgIpc) is 3.32. The van der Waals surface area contributed by atoms with Gasteiger partial charge in [-0.1, -0.05) is 0 Å². The number of methoxy groups -OCH3 is 1. The molecule has 3 fully saturated rings. The molecule has 10 heteroatoms. The Morgan fingerprint density at radius 3 is 2.76 bits per heavy atom. The first-order valence-electron chi connectivity index (χ1n) is 10.0.